The molecule has 0 bridgehead atoms. The Morgan fingerprint density at radius 1 is 1.07 bits per heavy atom. The summed E-state index contributed by atoms with van der Waals surface area (Å²) < 4.78 is 34.5. The van der Waals surface area contributed by atoms with Crippen LogP contribution in [0.1, 0.15) is 29.5 Å². The van der Waals surface area contributed by atoms with Gasteiger partial charge in [-0.25, -0.2) is 13.1 Å². The monoisotopic (exact) mass is 403 g/mol. The van der Waals surface area contributed by atoms with Crippen LogP contribution in [0.3, 0.4) is 0 Å². The molecule has 7 nitrogen and oxygen atoms in total. The van der Waals surface area contributed by atoms with Gasteiger partial charge in [-0.2, -0.15) is 9.40 Å². The minimum absolute atomic E-state index is 0.0493. The van der Waals surface area contributed by atoms with Crippen LogP contribution in [0.4, 0.5) is 0 Å². The number of hydrogen-bond acceptors (Lipinski definition) is 5. The topological polar surface area (TPSA) is 81.5 Å². The van der Waals surface area contributed by atoms with Crippen LogP contribution in [-0.2, 0) is 34.6 Å². The Bertz CT molecular complexity index is 1070. The average molecular weight is 404 g/mol. The molecule has 0 spiro atoms. The lowest BCUT2D eigenvalue weighted by Gasteiger charge is -2.27. The molecular weight excluding hydrogens is 378 g/mol. The van der Waals surface area contributed by atoms with Crippen LogP contribution in [-0.4, -0.2) is 48.8 Å². The fourth-order valence-electron chi connectivity index (χ4n) is 4.04. The number of ether oxygens (including phenoxy) is 1. The maximum atomic E-state index is 13.2. The highest BCUT2D eigenvalue weighted by molar-refractivity contribution is 7.89. The zero-order valence-corrected chi connectivity index (χ0v) is 17.1. The van der Waals surface area contributed by atoms with E-state index in [-0.39, 0.29) is 5.56 Å². The second-order valence-corrected chi connectivity index (χ2v) is 9.34. The zero-order chi connectivity index (χ0) is 19.9. The molecule has 0 atom stereocenters. The number of nitrogens with zero attached hydrogens (tertiary/aromatic N) is 3. The smallest absolute Gasteiger partial charge is 0.269 e. The van der Waals surface area contributed by atoms with E-state index in [9.17, 15) is 13.2 Å². The molecule has 1 fully saturated rings. The summed E-state index contributed by atoms with van der Waals surface area (Å²) in [4.78, 5) is 12.8. The Labute approximate surface area is 165 Å². The minimum atomic E-state index is -3.61. The first-order chi connectivity index (χ1) is 13.4. The van der Waals surface area contributed by atoms with Crippen molar-refractivity contribution in [2.24, 2.45) is 7.05 Å². The molecule has 1 aliphatic carbocycles. The molecule has 1 aromatic heterocycles. The summed E-state index contributed by atoms with van der Waals surface area (Å²) in [7, 11) is -1.95. The van der Waals surface area contributed by atoms with Crippen molar-refractivity contribution in [3.05, 3.63) is 45.2 Å². The maximum absolute atomic E-state index is 13.2. The zero-order valence-electron chi connectivity index (χ0n) is 16.3. The quantitative estimate of drug-likeness (QED) is 0.778. The standard InChI is InChI=1S/C20H25N3O4S/c1-14-7-8-15(13-18(14)28(25,26)23-9-11-27-12-10-23)19-16-5-3-4-6-17(16)20(24)22(2)21-19/h7-8,13H,3-6,9-12H2,1-2H3. The van der Waals surface area contributed by atoms with Crippen molar-refractivity contribution < 1.29 is 13.2 Å². The summed E-state index contributed by atoms with van der Waals surface area (Å²) in [6.07, 6.45) is 3.56. The molecule has 8 heteroatoms. The third-order valence-corrected chi connectivity index (χ3v) is 7.65. The van der Waals surface area contributed by atoms with E-state index in [0.29, 0.717) is 36.8 Å². The molecule has 0 unspecified atom stereocenters. The lowest BCUT2D eigenvalue weighted by molar-refractivity contribution is 0.0730. The van der Waals surface area contributed by atoms with Crippen LogP contribution in [0.2, 0.25) is 0 Å². The van der Waals surface area contributed by atoms with Crippen LogP contribution in [0.5, 0.6) is 0 Å². The maximum Gasteiger partial charge on any atom is 0.269 e. The summed E-state index contributed by atoms with van der Waals surface area (Å²) in [5.74, 6) is 0. The van der Waals surface area contributed by atoms with E-state index in [0.717, 1.165) is 48.1 Å². The molecule has 28 heavy (non-hydrogen) atoms. The molecule has 4 rings (SSSR count). The fourth-order valence-corrected chi connectivity index (χ4v) is 5.70. The third kappa shape index (κ3) is 3.29. The van der Waals surface area contributed by atoms with Crippen LogP contribution in [0, 0.1) is 6.92 Å². The third-order valence-electron chi connectivity index (χ3n) is 5.61. The van der Waals surface area contributed by atoms with Crippen molar-refractivity contribution in [3.63, 3.8) is 0 Å². The predicted molar refractivity (Wildman–Crippen MR) is 106 cm³/mol. The first kappa shape index (κ1) is 19.3. The van der Waals surface area contributed by atoms with Crippen LogP contribution >= 0.6 is 0 Å². The molecule has 0 saturated carbocycles. The van der Waals surface area contributed by atoms with E-state index in [2.05, 4.69) is 5.10 Å². The molecule has 1 aromatic carbocycles. The second kappa shape index (κ2) is 7.42. The Morgan fingerprint density at radius 2 is 1.75 bits per heavy atom. The highest BCUT2D eigenvalue weighted by Gasteiger charge is 2.29. The first-order valence-corrected chi connectivity index (χ1v) is 11.1. The van der Waals surface area contributed by atoms with Crippen molar-refractivity contribution in [2.75, 3.05) is 26.3 Å². The number of rotatable bonds is 3. The Hall–Kier alpha value is -2.03. The van der Waals surface area contributed by atoms with E-state index in [4.69, 9.17) is 4.74 Å². The largest absolute Gasteiger partial charge is 0.379 e. The molecule has 2 heterocycles. The number of benzene rings is 1. The normalized spacial score (nSPS) is 18.1. The van der Waals surface area contributed by atoms with Crippen LogP contribution in [0.15, 0.2) is 27.9 Å². The average Bonchev–Trinajstić information content (AvgIpc) is 2.72. The predicted octanol–water partition coefficient (Wildman–Crippen LogP) is 1.66. The molecule has 0 radical (unpaired) electrons. The van der Waals surface area contributed by atoms with Crippen molar-refractivity contribution in [2.45, 2.75) is 37.5 Å². The Balaban J connectivity index is 1.84. The SMILES string of the molecule is Cc1ccc(-c2nn(C)c(=O)c3c2CCCC3)cc1S(=O)(=O)N1CCOCC1. The Kier molecular flexibility index (Phi) is 5.11. The second-order valence-electron chi connectivity index (χ2n) is 7.44. The van der Waals surface area contributed by atoms with Crippen molar-refractivity contribution in [1.82, 2.24) is 14.1 Å². The van der Waals surface area contributed by atoms with E-state index < -0.39 is 10.0 Å². The van der Waals surface area contributed by atoms with Gasteiger partial charge in [0, 0.05) is 31.3 Å². The first-order valence-electron chi connectivity index (χ1n) is 9.67. The van der Waals surface area contributed by atoms with Gasteiger partial charge in [0.05, 0.1) is 23.8 Å². The molecule has 1 aliphatic heterocycles. The summed E-state index contributed by atoms with van der Waals surface area (Å²) in [5, 5.41) is 4.50. The van der Waals surface area contributed by atoms with E-state index in [1.165, 1.54) is 8.99 Å². The van der Waals surface area contributed by atoms with Gasteiger partial charge in [-0.1, -0.05) is 12.1 Å². The van der Waals surface area contributed by atoms with E-state index in [1.54, 1.807) is 20.0 Å². The number of hydrogen-bond donors (Lipinski definition) is 0. The molecule has 1 saturated heterocycles. The summed E-state index contributed by atoms with van der Waals surface area (Å²) in [6.45, 7) is 3.35. The summed E-state index contributed by atoms with van der Waals surface area (Å²) >= 11 is 0. The molecule has 0 N–H and O–H groups in total. The Morgan fingerprint density at radius 3 is 2.46 bits per heavy atom. The number of sulfonamides is 1. The number of aryl methyl sites for hydroxylation is 2. The number of fused-ring (bicyclic) bond motifs is 1. The van der Waals surface area contributed by atoms with Gasteiger partial charge in [0.2, 0.25) is 10.0 Å². The molecular formula is C20H25N3O4S. The summed E-state index contributed by atoms with van der Waals surface area (Å²) in [6, 6.07) is 5.43. The van der Waals surface area contributed by atoms with Crippen LogP contribution in [0.25, 0.3) is 11.3 Å². The van der Waals surface area contributed by atoms with Crippen molar-refractivity contribution >= 4 is 10.0 Å². The summed E-state index contributed by atoms with van der Waals surface area (Å²) in [5.41, 5.74) is 3.90. The van der Waals surface area contributed by atoms with E-state index >= 15 is 0 Å². The van der Waals surface area contributed by atoms with Gasteiger partial charge in [0.1, 0.15) is 0 Å². The number of aromatic nitrogens is 2. The number of morpholine rings is 1. The lowest BCUT2D eigenvalue weighted by atomic mass is 9.89. The molecule has 2 aromatic rings. The highest BCUT2D eigenvalue weighted by atomic mass is 32.2. The minimum Gasteiger partial charge on any atom is -0.379 e. The van der Waals surface area contributed by atoms with Gasteiger partial charge >= 0.3 is 0 Å². The molecule has 2 aliphatic rings. The molecule has 0 amide bonds. The van der Waals surface area contributed by atoms with Crippen molar-refractivity contribution in [1.29, 1.82) is 0 Å². The van der Waals surface area contributed by atoms with Gasteiger partial charge in [-0.15, -0.1) is 0 Å². The van der Waals surface area contributed by atoms with Crippen LogP contribution < -0.4 is 5.56 Å². The van der Waals surface area contributed by atoms with Gasteiger partial charge in [0.15, 0.2) is 0 Å². The molecule has 150 valence electrons. The van der Waals surface area contributed by atoms with E-state index in [1.807, 2.05) is 12.1 Å². The fraction of sp³-hybridized carbons (Fsp3) is 0.500. The highest BCUT2D eigenvalue weighted by Crippen LogP contribution is 2.31. The lowest BCUT2D eigenvalue weighted by Crippen LogP contribution is -2.40. The van der Waals surface area contributed by atoms with Gasteiger partial charge in [0.25, 0.3) is 5.56 Å². The van der Waals surface area contributed by atoms with Gasteiger partial charge < -0.3 is 4.74 Å². The van der Waals surface area contributed by atoms with Gasteiger partial charge in [-0.05, 0) is 49.8 Å². The van der Waals surface area contributed by atoms with Gasteiger partial charge in [-0.3, -0.25) is 4.79 Å². The van der Waals surface area contributed by atoms with Crippen molar-refractivity contribution in [3.8, 4) is 11.3 Å².